The molecule has 3 aromatic rings. The predicted octanol–water partition coefficient (Wildman–Crippen LogP) is 2.09. The molecular formula is C15H12BrN3O4S. The standard InChI is InChI=1S/C15H12BrN3O4S/c1-8-6-11-12(18-15(21)14(20)17-11)7-13(8)24(22,23)19-10-4-2-9(16)3-5-10/h2-7,19H,1H3,(H,17,20)(H,18,21). The van der Waals surface area contributed by atoms with Gasteiger partial charge in [-0.25, -0.2) is 8.42 Å². The van der Waals surface area contributed by atoms with E-state index in [9.17, 15) is 18.0 Å². The maximum atomic E-state index is 12.6. The van der Waals surface area contributed by atoms with Crippen LogP contribution in [0.5, 0.6) is 0 Å². The Hall–Kier alpha value is -2.39. The monoisotopic (exact) mass is 409 g/mol. The molecule has 0 saturated carbocycles. The van der Waals surface area contributed by atoms with Gasteiger partial charge in [-0.05, 0) is 48.9 Å². The Morgan fingerprint density at radius 3 is 2.08 bits per heavy atom. The van der Waals surface area contributed by atoms with E-state index >= 15 is 0 Å². The van der Waals surface area contributed by atoms with Crippen molar-refractivity contribution in [3.63, 3.8) is 0 Å². The first-order valence-corrected chi connectivity index (χ1v) is 9.09. The average Bonchev–Trinajstić information content (AvgIpc) is 2.50. The molecule has 3 rings (SSSR count). The minimum absolute atomic E-state index is 0.0145. The van der Waals surface area contributed by atoms with E-state index in [1.54, 1.807) is 31.2 Å². The SMILES string of the molecule is Cc1cc2[nH]c(=O)c(=O)[nH]c2cc1S(=O)(=O)Nc1ccc(Br)cc1. The minimum Gasteiger partial charge on any atom is -0.316 e. The van der Waals surface area contributed by atoms with Gasteiger partial charge in [0.15, 0.2) is 0 Å². The zero-order valence-corrected chi connectivity index (χ0v) is 14.8. The number of aryl methyl sites for hydroxylation is 1. The van der Waals surface area contributed by atoms with Crippen LogP contribution in [-0.2, 0) is 10.0 Å². The van der Waals surface area contributed by atoms with E-state index in [1.165, 1.54) is 12.1 Å². The quantitative estimate of drug-likeness (QED) is 0.574. The van der Waals surface area contributed by atoms with E-state index in [0.717, 1.165) is 4.47 Å². The summed E-state index contributed by atoms with van der Waals surface area (Å²) in [5, 5.41) is 0. The van der Waals surface area contributed by atoms with Crippen LogP contribution in [0, 0.1) is 6.92 Å². The lowest BCUT2D eigenvalue weighted by molar-refractivity contribution is 0.600. The van der Waals surface area contributed by atoms with Crippen LogP contribution in [-0.4, -0.2) is 18.4 Å². The number of halogens is 1. The zero-order chi connectivity index (χ0) is 17.5. The third-order valence-corrected chi connectivity index (χ3v) is 5.46. The van der Waals surface area contributed by atoms with Gasteiger partial charge < -0.3 is 9.97 Å². The fraction of sp³-hybridized carbons (Fsp3) is 0.0667. The second kappa shape index (κ2) is 5.91. The van der Waals surface area contributed by atoms with Crippen molar-refractivity contribution >= 4 is 42.7 Å². The largest absolute Gasteiger partial charge is 0.316 e. The minimum atomic E-state index is -3.85. The molecule has 0 aliphatic carbocycles. The van der Waals surface area contributed by atoms with Gasteiger partial charge in [0.2, 0.25) is 0 Å². The number of rotatable bonds is 3. The molecule has 1 heterocycles. The summed E-state index contributed by atoms with van der Waals surface area (Å²) in [7, 11) is -3.85. The number of aromatic nitrogens is 2. The van der Waals surface area contributed by atoms with E-state index in [1.807, 2.05) is 0 Å². The molecule has 0 amide bonds. The molecule has 0 fully saturated rings. The lowest BCUT2D eigenvalue weighted by atomic mass is 10.2. The Morgan fingerprint density at radius 1 is 0.958 bits per heavy atom. The van der Waals surface area contributed by atoms with Gasteiger partial charge in [0, 0.05) is 10.2 Å². The highest BCUT2D eigenvalue weighted by Gasteiger charge is 2.18. The van der Waals surface area contributed by atoms with Crippen molar-refractivity contribution in [1.82, 2.24) is 9.97 Å². The maximum absolute atomic E-state index is 12.6. The average molecular weight is 410 g/mol. The predicted molar refractivity (Wildman–Crippen MR) is 94.9 cm³/mol. The molecule has 0 atom stereocenters. The van der Waals surface area contributed by atoms with Gasteiger partial charge in [-0.1, -0.05) is 15.9 Å². The Morgan fingerprint density at radius 2 is 1.50 bits per heavy atom. The topological polar surface area (TPSA) is 112 Å². The molecule has 9 heteroatoms. The molecule has 1 aromatic heterocycles. The molecule has 0 unspecified atom stereocenters. The first-order valence-electron chi connectivity index (χ1n) is 6.81. The van der Waals surface area contributed by atoms with Crippen LogP contribution in [0.2, 0.25) is 0 Å². The van der Waals surface area contributed by atoms with Crippen LogP contribution in [0.25, 0.3) is 11.0 Å². The molecule has 3 N–H and O–H groups in total. The number of H-pyrrole nitrogens is 2. The molecule has 2 aromatic carbocycles. The van der Waals surface area contributed by atoms with Crippen molar-refractivity contribution in [2.75, 3.05) is 4.72 Å². The van der Waals surface area contributed by atoms with Crippen LogP contribution < -0.4 is 15.8 Å². The number of hydrogen-bond donors (Lipinski definition) is 3. The third-order valence-electron chi connectivity index (χ3n) is 3.40. The van der Waals surface area contributed by atoms with Crippen molar-refractivity contribution < 1.29 is 8.42 Å². The van der Waals surface area contributed by atoms with Crippen molar-refractivity contribution in [2.24, 2.45) is 0 Å². The lowest BCUT2D eigenvalue weighted by Crippen LogP contribution is -2.29. The molecule has 0 bridgehead atoms. The van der Waals surface area contributed by atoms with Crippen LogP contribution in [0.15, 0.2) is 55.4 Å². The Labute approximate surface area is 144 Å². The van der Waals surface area contributed by atoms with Crippen LogP contribution in [0.1, 0.15) is 5.56 Å². The molecule has 24 heavy (non-hydrogen) atoms. The highest BCUT2D eigenvalue weighted by Crippen LogP contribution is 2.23. The summed E-state index contributed by atoms with van der Waals surface area (Å²) in [4.78, 5) is 27.6. The summed E-state index contributed by atoms with van der Waals surface area (Å²) in [6.45, 7) is 1.61. The number of sulfonamides is 1. The van der Waals surface area contributed by atoms with E-state index in [2.05, 4.69) is 30.6 Å². The fourth-order valence-electron chi connectivity index (χ4n) is 2.27. The van der Waals surface area contributed by atoms with Crippen molar-refractivity contribution in [3.05, 3.63) is 67.1 Å². The second-order valence-electron chi connectivity index (χ2n) is 5.18. The van der Waals surface area contributed by atoms with Crippen LogP contribution >= 0.6 is 15.9 Å². The van der Waals surface area contributed by atoms with Gasteiger partial charge in [-0.3, -0.25) is 14.3 Å². The Kier molecular flexibility index (Phi) is 4.06. The lowest BCUT2D eigenvalue weighted by Gasteiger charge is -2.11. The highest BCUT2D eigenvalue weighted by atomic mass is 79.9. The van der Waals surface area contributed by atoms with E-state index in [4.69, 9.17) is 0 Å². The molecule has 0 aliphatic heterocycles. The van der Waals surface area contributed by atoms with E-state index < -0.39 is 21.1 Å². The smallest absolute Gasteiger partial charge is 0.314 e. The Balaban J connectivity index is 2.11. The van der Waals surface area contributed by atoms with E-state index in [-0.39, 0.29) is 10.4 Å². The summed E-state index contributed by atoms with van der Waals surface area (Å²) >= 11 is 3.28. The van der Waals surface area contributed by atoms with Gasteiger partial charge in [0.1, 0.15) is 0 Å². The molecule has 7 nitrogen and oxygen atoms in total. The second-order valence-corrected chi connectivity index (χ2v) is 7.75. The number of hydrogen-bond acceptors (Lipinski definition) is 4. The van der Waals surface area contributed by atoms with Crippen LogP contribution in [0.4, 0.5) is 5.69 Å². The summed E-state index contributed by atoms with van der Waals surface area (Å²) in [6.07, 6.45) is 0. The molecule has 0 saturated heterocycles. The Bertz CT molecular complexity index is 1150. The van der Waals surface area contributed by atoms with Crippen LogP contribution in [0.3, 0.4) is 0 Å². The first-order chi connectivity index (χ1) is 11.3. The first kappa shape index (κ1) is 16.5. The summed E-state index contributed by atoms with van der Waals surface area (Å²) in [5.41, 5.74) is -0.176. The van der Waals surface area contributed by atoms with Gasteiger partial charge in [0.05, 0.1) is 15.9 Å². The van der Waals surface area contributed by atoms with Crippen molar-refractivity contribution in [2.45, 2.75) is 11.8 Å². The fourth-order valence-corrected chi connectivity index (χ4v) is 3.85. The molecule has 0 radical (unpaired) electrons. The molecule has 124 valence electrons. The summed E-state index contributed by atoms with van der Waals surface area (Å²) in [6, 6.07) is 9.50. The molecule has 0 aliphatic rings. The van der Waals surface area contributed by atoms with Gasteiger partial charge in [-0.15, -0.1) is 0 Å². The zero-order valence-electron chi connectivity index (χ0n) is 12.4. The number of benzene rings is 2. The van der Waals surface area contributed by atoms with Gasteiger partial charge in [0.25, 0.3) is 10.0 Å². The summed E-state index contributed by atoms with van der Waals surface area (Å²) in [5.74, 6) is 0. The third kappa shape index (κ3) is 3.13. The number of fused-ring (bicyclic) bond motifs is 1. The van der Waals surface area contributed by atoms with Gasteiger partial charge in [-0.2, -0.15) is 0 Å². The van der Waals surface area contributed by atoms with Gasteiger partial charge >= 0.3 is 11.1 Å². The number of aromatic amines is 2. The maximum Gasteiger partial charge on any atom is 0.314 e. The molecule has 0 spiro atoms. The number of nitrogens with one attached hydrogen (secondary N) is 3. The van der Waals surface area contributed by atoms with Crippen molar-refractivity contribution in [1.29, 1.82) is 0 Å². The van der Waals surface area contributed by atoms with Crippen molar-refractivity contribution in [3.8, 4) is 0 Å². The normalized spacial score (nSPS) is 11.6. The molecular weight excluding hydrogens is 398 g/mol. The number of anilines is 1. The summed E-state index contributed by atoms with van der Waals surface area (Å²) < 4.78 is 28.5. The highest BCUT2D eigenvalue weighted by molar-refractivity contribution is 9.10. The van der Waals surface area contributed by atoms with E-state index in [0.29, 0.717) is 16.8 Å².